The predicted molar refractivity (Wildman–Crippen MR) is 104 cm³/mol. The van der Waals surface area contributed by atoms with Gasteiger partial charge in [0.15, 0.2) is 5.58 Å². The number of benzene rings is 1. The van der Waals surface area contributed by atoms with Gasteiger partial charge in [-0.05, 0) is 45.4 Å². The number of carbonyl (C=O) groups is 1. The van der Waals surface area contributed by atoms with Gasteiger partial charge in [0.1, 0.15) is 0 Å². The zero-order valence-electron chi connectivity index (χ0n) is 15.9. The average Bonchev–Trinajstić information content (AvgIpc) is 3.07. The fourth-order valence-electron chi connectivity index (χ4n) is 3.08. The zero-order valence-corrected chi connectivity index (χ0v) is 16.6. The standard InChI is InChI=1S/C19H23ClN4O3/c1-11(24-14(4)12(2)13(3)22-24)10-21-18(25)7-8-23-16-6-5-15(20)9-17(16)27-19(23)26/h5-6,9,11H,7-8,10H2,1-4H3,(H,21,25). The quantitative estimate of drug-likeness (QED) is 0.701. The maximum absolute atomic E-state index is 12.2. The van der Waals surface area contributed by atoms with Crippen LogP contribution in [0.25, 0.3) is 11.1 Å². The van der Waals surface area contributed by atoms with E-state index >= 15 is 0 Å². The third kappa shape index (κ3) is 3.93. The summed E-state index contributed by atoms with van der Waals surface area (Å²) in [4.78, 5) is 24.2. The molecule has 0 radical (unpaired) electrons. The molecule has 0 fully saturated rings. The molecule has 3 rings (SSSR count). The van der Waals surface area contributed by atoms with Crippen molar-refractivity contribution in [2.24, 2.45) is 0 Å². The molecule has 0 spiro atoms. The van der Waals surface area contributed by atoms with Crippen molar-refractivity contribution >= 4 is 28.6 Å². The van der Waals surface area contributed by atoms with Crippen molar-refractivity contribution in [2.45, 2.75) is 46.7 Å². The molecule has 3 aromatic rings. The zero-order chi connectivity index (χ0) is 19.7. The summed E-state index contributed by atoms with van der Waals surface area (Å²) in [6.45, 7) is 8.76. The molecule has 0 aliphatic carbocycles. The molecule has 1 unspecified atom stereocenters. The van der Waals surface area contributed by atoms with Gasteiger partial charge in [-0.15, -0.1) is 0 Å². The molecular formula is C19H23ClN4O3. The molecule has 144 valence electrons. The third-order valence-electron chi connectivity index (χ3n) is 4.89. The number of nitrogens with one attached hydrogen (secondary N) is 1. The second-order valence-electron chi connectivity index (χ2n) is 6.78. The molecule has 1 amide bonds. The topological polar surface area (TPSA) is 82.1 Å². The molecule has 0 saturated heterocycles. The van der Waals surface area contributed by atoms with Crippen molar-refractivity contribution in [3.63, 3.8) is 0 Å². The van der Waals surface area contributed by atoms with E-state index < -0.39 is 5.76 Å². The number of fused-ring (bicyclic) bond motifs is 1. The fourth-order valence-corrected chi connectivity index (χ4v) is 3.24. The summed E-state index contributed by atoms with van der Waals surface area (Å²) in [6.07, 6.45) is 0.181. The Morgan fingerprint density at radius 3 is 2.74 bits per heavy atom. The first kappa shape index (κ1) is 19.2. The second-order valence-corrected chi connectivity index (χ2v) is 7.21. The van der Waals surface area contributed by atoms with Crippen molar-refractivity contribution in [3.05, 3.63) is 50.7 Å². The van der Waals surface area contributed by atoms with Gasteiger partial charge in [0.2, 0.25) is 5.91 Å². The van der Waals surface area contributed by atoms with Crippen LogP contribution in [0.4, 0.5) is 0 Å². The minimum atomic E-state index is -0.494. The molecule has 8 heteroatoms. The van der Waals surface area contributed by atoms with Crippen LogP contribution in [0.5, 0.6) is 0 Å². The summed E-state index contributed by atoms with van der Waals surface area (Å²) in [6, 6.07) is 5.04. The lowest BCUT2D eigenvalue weighted by Crippen LogP contribution is -2.31. The number of hydrogen-bond acceptors (Lipinski definition) is 4. The Labute approximate surface area is 161 Å². The summed E-state index contributed by atoms with van der Waals surface area (Å²) in [5.74, 6) is -0.623. The summed E-state index contributed by atoms with van der Waals surface area (Å²) in [5.41, 5.74) is 4.31. The summed E-state index contributed by atoms with van der Waals surface area (Å²) >= 11 is 5.91. The lowest BCUT2D eigenvalue weighted by Gasteiger charge is -2.15. The first-order valence-corrected chi connectivity index (χ1v) is 9.23. The summed E-state index contributed by atoms with van der Waals surface area (Å²) in [7, 11) is 0. The van der Waals surface area contributed by atoms with E-state index in [4.69, 9.17) is 16.0 Å². The van der Waals surface area contributed by atoms with Gasteiger partial charge in [-0.2, -0.15) is 5.10 Å². The Morgan fingerprint density at radius 1 is 1.33 bits per heavy atom. The minimum absolute atomic E-state index is 0.0426. The van der Waals surface area contributed by atoms with Crippen LogP contribution in [0.2, 0.25) is 5.02 Å². The summed E-state index contributed by atoms with van der Waals surface area (Å²) < 4.78 is 8.55. The van der Waals surface area contributed by atoms with Crippen molar-refractivity contribution in [2.75, 3.05) is 6.54 Å². The molecule has 27 heavy (non-hydrogen) atoms. The number of nitrogens with zero attached hydrogens (tertiary/aromatic N) is 3. The van der Waals surface area contributed by atoms with E-state index in [1.54, 1.807) is 18.2 Å². The Balaban J connectivity index is 1.59. The third-order valence-corrected chi connectivity index (χ3v) is 5.13. The fraction of sp³-hybridized carbons (Fsp3) is 0.421. The van der Waals surface area contributed by atoms with Gasteiger partial charge in [-0.25, -0.2) is 4.79 Å². The number of halogens is 1. The molecule has 7 nitrogen and oxygen atoms in total. The summed E-state index contributed by atoms with van der Waals surface area (Å²) in [5, 5.41) is 7.93. The van der Waals surface area contributed by atoms with Crippen molar-refractivity contribution < 1.29 is 9.21 Å². The Kier molecular flexibility index (Phi) is 5.41. The van der Waals surface area contributed by atoms with Gasteiger partial charge >= 0.3 is 5.76 Å². The number of carbonyl (C=O) groups excluding carboxylic acids is 1. The molecule has 0 bridgehead atoms. The van der Waals surface area contributed by atoms with Crippen molar-refractivity contribution in [1.82, 2.24) is 19.7 Å². The van der Waals surface area contributed by atoms with Gasteiger partial charge < -0.3 is 9.73 Å². The molecule has 2 heterocycles. The van der Waals surface area contributed by atoms with Gasteiger partial charge in [-0.1, -0.05) is 11.6 Å². The van der Waals surface area contributed by atoms with Crippen molar-refractivity contribution in [3.8, 4) is 0 Å². The van der Waals surface area contributed by atoms with E-state index in [1.807, 2.05) is 32.4 Å². The Morgan fingerprint density at radius 2 is 2.07 bits per heavy atom. The average molecular weight is 391 g/mol. The number of aromatic nitrogens is 3. The van der Waals surface area contributed by atoms with Gasteiger partial charge in [-0.3, -0.25) is 14.0 Å². The highest BCUT2D eigenvalue weighted by Crippen LogP contribution is 2.19. The van der Waals surface area contributed by atoms with Crippen LogP contribution in [-0.2, 0) is 11.3 Å². The van der Waals surface area contributed by atoms with E-state index in [-0.39, 0.29) is 24.9 Å². The smallest absolute Gasteiger partial charge is 0.408 e. The van der Waals surface area contributed by atoms with Crippen LogP contribution in [0.3, 0.4) is 0 Å². The molecular weight excluding hydrogens is 368 g/mol. The molecule has 1 N–H and O–H groups in total. The first-order chi connectivity index (χ1) is 12.8. The van der Waals surface area contributed by atoms with E-state index in [0.717, 1.165) is 11.4 Å². The largest absolute Gasteiger partial charge is 0.419 e. The highest BCUT2D eigenvalue weighted by Gasteiger charge is 2.15. The van der Waals surface area contributed by atoms with Crippen LogP contribution < -0.4 is 11.1 Å². The number of oxazole rings is 1. The maximum atomic E-state index is 12.2. The predicted octanol–water partition coefficient (Wildman–Crippen LogP) is 3.14. The van der Waals surface area contributed by atoms with E-state index in [0.29, 0.717) is 22.7 Å². The van der Waals surface area contributed by atoms with Gasteiger partial charge in [0.05, 0.1) is 17.3 Å². The molecule has 0 aliphatic rings. The van der Waals surface area contributed by atoms with Crippen LogP contribution in [0, 0.1) is 20.8 Å². The number of rotatable bonds is 6. The van der Waals surface area contributed by atoms with Crippen LogP contribution >= 0.6 is 11.6 Å². The maximum Gasteiger partial charge on any atom is 0.419 e. The molecule has 2 aromatic heterocycles. The number of aryl methyl sites for hydroxylation is 2. The minimum Gasteiger partial charge on any atom is -0.408 e. The van der Waals surface area contributed by atoms with Gasteiger partial charge in [0.25, 0.3) is 0 Å². The van der Waals surface area contributed by atoms with E-state index in [1.165, 1.54) is 10.1 Å². The number of amides is 1. The number of hydrogen-bond donors (Lipinski definition) is 1. The first-order valence-electron chi connectivity index (χ1n) is 8.86. The van der Waals surface area contributed by atoms with Crippen LogP contribution in [-0.4, -0.2) is 26.8 Å². The van der Waals surface area contributed by atoms with Crippen LogP contribution in [0.15, 0.2) is 27.4 Å². The Bertz CT molecular complexity index is 1050. The highest BCUT2D eigenvalue weighted by molar-refractivity contribution is 6.31. The van der Waals surface area contributed by atoms with Crippen LogP contribution in [0.1, 0.15) is 36.3 Å². The molecule has 1 atom stereocenters. The Hall–Kier alpha value is -2.54. The second kappa shape index (κ2) is 7.60. The van der Waals surface area contributed by atoms with Crippen molar-refractivity contribution in [1.29, 1.82) is 0 Å². The van der Waals surface area contributed by atoms with E-state index in [9.17, 15) is 9.59 Å². The normalized spacial score (nSPS) is 12.5. The molecule has 0 saturated carbocycles. The highest BCUT2D eigenvalue weighted by atomic mass is 35.5. The lowest BCUT2D eigenvalue weighted by molar-refractivity contribution is -0.121. The SMILES string of the molecule is Cc1nn(C(C)CNC(=O)CCn2c(=O)oc3cc(Cl)ccc32)c(C)c1C. The van der Waals surface area contributed by atoms with E-state index in [2.05, 4.69) is 10.4 Å². The molecule has 0 aliphatic heterocycles. The van der Waals surface area contributed by atoms with Gasteiger partial charge in [0, 0.05) is 36.3 Å². The molecule has 1 aromatic carbocycles. The lowest BCUT2D eigenvalue weighted by atomic mass is 10.2. The monoisotopic (exact) mass is 390 g/mol.